The Morgan fingerprint density at radius 3 is 2.92 bits per heavy atom. The first-order chi connectivity index (χ1) is 6.36. The maximum Gasteiger partial charge on any atom is 0.149 e. The number of hydrogen-bond donors (Lipinski definition) is 1. The topological polar surface area (TPSA) is 42.4 Å². The van der Waals surface area contributed by atoms with Gasteiger partial charge in [-0.1, -0.05) is 5.92 Å². The van der Waals surface area contributed by atoms with E-state index in [1.807, 2.05) is 0 Å². The second-order valence-corrected chi connectivity index (χ2v) is 2.36. The van der Waals surface area contributed by atoms with Crippen molar-refractivity contribution in [3.63, 3.8) is 0 Å². The third kappa shape index (κ3) is 3.14. The molecular formula is C10H11NO2. The number of aliphatic hydroxyl groups is 1. The fourth-order valence-corrected chi connectivity index (χ4v) is 0.781. The van der Waals surface area contributed by atoms with Crippen molar-refractivity contribution in [1.82, 2.24) is 4.98 Å². The van der Waals surface area contributed by atoms with Gasteiger partial charge in [0.1, 0.15) is 12.4 Å². The van der Waals surface area contributed by atoms with E-state index in [1.165, 1.54) is 0 Å². The summed E-state index contributed by atoms with van der Waals surface area (Å²) in [5, 5.41) is 8.72. The van der Waals surface area contributed by atoms with Crippen molar-refractivity contribution in [2.45, 2.75) is 13.5 Å². The maximum absolute atomic E-state index is 8.72. The summed E-state index contributed by atoms with van der Waals surface area (Å²) in [6.07, 6.45) is 1.57. The van der Waals surface area contributed by atoms with E-state index in [4.69, 9.17) is 9.84 Å². The summed E-state index contributed by atoms with van der Waals surface area (Å²) in [4.78, 5) is 3.95. The number of pyridine rings is 1. The predicted octanol–water partition coefficient (Wildman–Crippen LogP) is 0.976. The third-order valence-corrected chi connectivity index (χ3v) is 1.45. The summed E-state index contributed by atoms with van der Waals surface area (Å²) in [6.45, 7) is 2.09. The first-order valence-corrected chi connectivity index (χ1v) is 3.95. The summed E-state index contributed by atoms with van der Waals surface area (Å²) in [5.74, 6) is 6.17. The van der Waals surface area contributed by atoms with Gasteiger partial charge < -0.3 is 9.84 Å². The molecule has 0 atom stereocenters. The van der Waals surface area contributed by atoms with Gasteiger partial charge in [0.25, 0.3) is 0 Å². The Balaban J connectivity index is 2.52. The molecule has 0 aliphatic carbocycles. The van der Waals surface area contributed by atoms with E-state index in [9.17, 15) is 0 Å². The molecule has 1 aromatic heterocycles. The number of rotatable bonds is 3. The van der Waals surface area contributed by atoms with Gasteiger partial charge in [0.15, 0.2) is 0 Å². The van der Waals surface area contributed by atoms with Crippen LogP contribution in [0.15, 0.2) is 18.3 Å². The van der Waals surface area contributed by atoms with E-state index in [0.717, 1.165) is 0 Å². The van der Waals surface area contributed by atoms with Crippen molar-refractivity contribution in [2.24, 2.45) is 0 Å². The second kappa shape index (κ2) is 5.18. The summed E-state index contributed by atoms with van der Waals surface area (Å²) in [5.41, 5.74) is 0.633. The van der Waals surface area contributed by atoms with Crippen molar-refractivity contribution in [1.29, 1.82) is 0 Å². The second-order valence-electron chi connectivity index (χ2n) is 2.36. The largest absolute Gasteiger partial charge is 0.479 e. The van der Waals surface area contributed by atoms with Crippen molar-refractivity contribution >= 4 is 0 Å². The van der Waals surface area contributed by atoms with Gasteiger partial charge in [0.05, 0.1) is 18.5 Å². The van der Waals surface area contributed by atoms with E-state index in [1.54, 1.807) is 25.3 Å². The molecule has 1 N–H and O–H groups in total. The molecule has 3 heteroatoms. The lowest BCUT2D eigenvalue weighted by Gasteiger charge is -2.01. The molecule has 0 aliphatic rings. The number of hydrogen-bond acceptors (Lipinski definition) is 3. The minimum absolute atomic E-state index is 0.0466. The fourth-order valence-electron chi connectivity index (χ4n) is 0.781. The first kappa shape index (κ1) is 9.56. The molecule has 3 nitrogen and oxygen atoms in total. The van der Waals surface area contributed by atoms with E-state index < -0.39 is 0 Å². The Morgan fingerprint density at radius 1 is 1.54 bits per heavy atom. The maximum atomic E-state index is 8.72. The normalized spacial score (nSPS) is 8.77. The van der Waals surface area contributed by atoms with Gasteiger partial charge >= 0.3 is 0 Å². The zero-order chi connectivity index (χ0) is 9.52. The Kier molecular flexibility index (Phi) is 3.80. The summed E-state index contributed by atoms with van der Waals surface area (Å²) < 4.78 is 5.23. The van der Waals surface area contributed by atoms with E-state index in [2.05, 4.69) is 16.8 Å². The third-order valence-electron chi connectivity index (χ3n) is 1.45. The van der Waals surface area contributed by atoms with Gasteiger partial charge in [-0.05, 0) is 19.1 Å². The molecule has 0 saturated carbocycles. The van der Waals surface area contributed by atoms with E-state index >= 15 is 0 Å². The number of aliphatic hydroxyl groups excluding tert-OH is 1. The highest BCUT2D eigenvalue weighted by molar-refractivity contribution is 5.20. The summed E-state index contributed by atoms with van der Waals surface area (Å²) in [6, 6.07) is 3.48. The van der Waals surface area contributed by atoms with E-state index in [0.29, 0.717) is 18.1 Å². The van der Waals surface area contributed by atoms with Crippen LogP contribution in [0.1, 0.15) is 12.6 Å². The molecule has 0 spiro atoms. The van der Waals surface area contributed by atoms with E-state index in [-0.39, 0.29) is 6.61 Å². The van der Waals surface area contributed by atoms with Gasteiger partial charge in [-0.3, -0.25) is 4.98 Å². The van der Waals surface area contributed by atoms with Gasteiger partial charge in [-0.15, -0.1) is 5.92 Å². The number of nitrogens with zero attached hydrogens (tertiary/aromatic N) is 1. The van der Waals surface area contributed by atoms with Crippen LogP contribution in [0.2, 0.25) is 0 Å². The molecule has 0 aromatic carbocycles. The molecule has 0 radical (unpaired) electrons. The lowest BCUT2D eigenvalue weighted by Crippen LogP contribution is -1.95. The first-order valence-electron chi connectivity index (χ1n) is 3.95. The van der Waals surface area contributed by atoms with Gasteiger partial charge in [-0.25, -0.2) is 0 Å². The predicted molar refractivity (Wildman–Crippen MR) is 49.1 cm³/mol. The smallest absolute Gasteiger partial charge is 0.149 e. The molecule has 0 unspecified atom stereocenters. The van der Waals surface area contributed by atoms with Crippen molar-refractivity contribution in [2.75, 3.05) is 6.61 Å². The van der Waals surface area contributed by atoms with Crippen LogP contribution in [0.3, 0.4) is 0 Å². The highest BCUT2D eigenvalue weighted by Gasteiger charge is 1.93. The van der Waals surface area contributed by atoms with Crippen molar-refractivity contribution < 1.29 is 9.84 Å². The number of aromatic nitrogens is 1. The van der Waals surface area contributed by atoms with Crippen molar-refractivity contribution in [3.05, 3.63) is 24.0 Å². The molecular weight excluding hydrogens is 166 g/mol. The Bertz CT molecular complexity index is 308. The highest BCUT2D eigenvalue weighted by Crippen LogP contribution is 2.08. The standard InChI is InChI=1S/C10H11NO2/c1-2-3-6-13-10-5-4-9(8-12)11-7-10/h4-5,7,12H,6,8H2,1H3. The molecule has 0 fully saturated rings. The van der Waals surface area contributed by atoms with Crippen LogP contribution in [-0.2, 0) is 6.61 Å². The van der Waals surface area contributed by atoms with Crippen LogP contribution in [0.4, 0.5) is 0 Å². The summed E-state index contributed by atoms with van der Waals surface area (Å²) >= 11 is 0. The quantitative estimate of drug-likeness (QED) is 0.700. The molecule has 1 aromatic rings. The zero-order valence-electron chi connectivity index (χ0n) is 7.45. The zero-order valence-corrected chi connectivity index (χ0v) is 7.45. The molecule has 13 heavy (non-hydrogen) atoms. The Labute approximate surface area is 77.4 Å². The van der Waals surface area contributed by atoms with Crippen LogP contribution in [0.5, 0.6) is 5.75 Å². The fraction of sp³-hybridized carbons (Fsp3) is 0.300. The molecule has 0 saturated heterocycles. The van der Waals surface area contributed by atoms with Crippen LogP contribution >= 0.6 is 0 Å². The Hall–Kier alpha value is -1.53. The average Bonchev–Trinajstić information content (AvgIpc) is 2.19. The molecule has 0 bridgehead atoms. The SMILES string of the molecule is CC#CCOc1ccc(CO)nc1. The molecule has 0 amide bonds. The van der Waals surface area contributed by atoms with Crippen molar-refractivity contribution in [3.8, 4) is 17.6 Å². The van der Waals surface area contributed by atoms with Crippen LogP contribution < -0.4 is 4.74 Å². The van der Waals surface area contributed by atoms with Crippen LogP contribution in [0, 0.1) is 11.8 Å². The lowest BCUT2D eigenvalue weighted by molar-refractivity contribution is 0.276. The van der Waals surface area contributed by atoms with Gasteiger partial charge in [-0.2, -0.15) is 0 Å². The monoisotopic (exact) mass is 177 g/mol. The van der Waals surface area contributed by atoms with Gasteiger partial charge in [0.2, 0.25) is 0 Å². The number of ether oxygens (including phenoxy) is 1. The highest BCUT2D eigenvalue weighted by atomic mass is 16.5. The minimum atomic E-state index is -0.0466. The summed E-state index contributed by atoms with van der Waals surface area (Å²) in [7, 11) is 0. The van der Waals surface area contributed by atoms with Gasteiger partial charge in [0, 0.05) is 0 Å². The molecule has 1 heterocycles. The van der Waals surface area contributed by atoms with Crippen LogP contribution in [0.25, 0.3) is 0 Å². The molecule has 68 valence electrons. The average molecular weight is 177 g/mol. The molecule has 1 rings (SSSR count). The molecule has 0 aliphatic heterocycles. The minimum Gasteiger partial charge on any atom is -0.479 e. The lowest BCUT2D eigenvalue weighted by atomic mass is 10.3. The Morgan fingerprint density at radius 2 is 2.38 bits per heavy atom. The van der Waals surface area contributed by atoms with Crippen LogP contribution in [-0.4, -0.2) is 16.7 Å².